The van der Waals surface area contributed by atoms with Gasteiger partial charge >= 0.3 is 0 Å². The summed E-state index contributed by atoms with van der Waals surface area (Å²) in [4.78, 5) is 0.225. The third-order valence-electron chi connectivity index (χ3n) is 3.00. The van der Waals surface area contributed by atoms with Gasteiger partial charge in [-0.2, -0.15) is 8.42 Å². The minimum Gasteiger partial charge on any atom is -0.266 e. The summed E-state index contributed by atoms with van der Waals surface area (Å²) in [5.74, 6) is 0. The van der Waals surface area contributed by atoms with E-state index in [-0.39, 0.29) is 18.1 Å². The summed E-state index contributed by atoms with van der Waals surface area (Å²) in [6, 6.07) is 6.91. The molecular formula is C15H23O4S. The summed E-state index contributed by atoms with van der Waals surface area (Å²) in [6.07, 6.45) is 4.80. The van der Waals surface area contributed by atoms with E-state index >= 15 is 0 Å². The van der Waals surface area contributed by atoms with Crippen LogP contribution in [0.5, 0.6) is 0 Å². The average Bonchev–Trinajstić information content (AvgIpc) is 2.43. The molecule has 0 aliphatic rings. The van der Waals surface area contributed by atoms with Crippen LogP contribution in [0.3, 0.4) is 0 Å². The first kappa shape index (κ1) is 17.1. The van der Waals surface area contributed by atoms with Crippen molar-refractivity contribution in [2.75, 3.05) is 13.2 Å². The first-order valence-electron chi connectivity index (χ1n) is 7.16. The molecule has 0 unspecified atom stereocenters. The molecule has 1 aromatic carbocycles. The minimum absolute atomic E-state index is 0.0661. The summed E-state index contributed by atoms with van der Waals surface area (Å²) in [7, 11) is -3.66. The normalized spacial score (nSPS) is 11.7. The van der Waals surface area contributed by atoms with Crippen molar-refractivity contribution in [3.8, 4) is 0 Å². The molecule has 113 valence electrons. The summed E-state index contributed by atoms with van der Waals surface area (Å²) in [5, 5.41) is 10.3. The van der Waals surface area contributed by atoms with Crippen molar-refractivity contribution in [1.82, 2.24) is 0 Å². The number of hydrogen-bond donors (Lipinski definition) is 0. The quantitative estimate of drug-likeness (QED) is 0.491. The Morgan fingerprint density at radius 2 is 1.85 bits per heavy atom. The minimum atomic E-state index is -3.66. The molecule has 0 saturated carbocycles. The van der Waals surface area contributed by atoms with Crippen LogP contribution in [-0.4, -0.2) is 21.6 Å². The second-order valence-corrected chi connectivity index (χ2v) is 6.41. The van der Waals surface area contributed by atoms with Crippen LogP contribution in [0.25, 0.3) is 0 Å². The van der Waals surface area contributed by atoms with Gasteiger partial charge in [-0.1, -0.05) is 38.3 Å². The fraction of sp³-hybridized carbons (Fsp3) is 0.600. The zero-order valence-corrected chi connectivity index (χ0v) is 12.8. The molecule has 1 aromatic rings. The SMILES string of the molecule is CCCc1cccc(S(=O)(=O)OCCCCCC[O])c1. The van der Waals surface area contributed by atoms with Crippen LogP contribution in [0.1, 0.15) is 44.6 Å². The van der Waals surface area contributed by atoms with E-state index in [1.807, 2.05) is 6.07 Å². The highest BCUT2D eigenvalue weighted by Gasteiger charge is 2.15. The number of rotatable bonds is 10. The third-order valence-corrected chi connectivity index (χ3v) is 4.31. The van der Waals surface area contributed by atoms with Gasteiger partial charge in [0, 0.05) is 0 Å². The molecule has 0 amide bonds. The molecule has 0 heterocycles. The van der Waals surface area contributed by atoms with Crippen molar-refractivity contribution in [2.45, 2.75) is 50.3 Å². The highest BCUT2D eigenvalue weighted by atomic mass is 32.2. The van der Waals surface area contributed by atoms with Gasteiger partial charge in [-0.05, 0) is 37.0 Å². The highest BCUT2D eigenvalue weighted by molar-refractivity contribution is 7.86. The van der Waals surface area contributed by atoms with Crippen molar-refractivity contribution in [2.24, 2.45) is 0 Å². The Bertz CT molecular complexity index is 482. The van der Waals surface area contributed by atoms with Crippen LogP contribution in [0.2, 0.25) is 0 Å². The van der Waals surface area contributed by atoms with Crippen LogP contribution in [0.4, 0.5) is 0 Å². The number of benzene rings is 1. The second-order valence-electron chi connectivity index (χ2n) is 4.79. The van der Waals surface area contributed by atoms with Crippen LogP contribution in [0, 0.1) is 0 Å². The maximum Gasteiger partial charge on any atom is 0.296 e. The molecule has 0 fully saturated rings. The van der Waals surface area contributed by atoms with Gasteiger partial charge in [-0.15, -0.1) is 0 Å². The van der Waals surface area contributed by atoms with Gasteiger partial charge in [0.25, 0.3) is 10.1 Å². The zero-order chi connectivity index (χ0) is 14.8. The Hall–Kier alpha value is -0.910. The van der Waals surface area contributed by atoms with E-state index < -0.39 is 10.1 Å². The number of aryl methyl sites for hydroxylation is 1. The third kappa shape index (κ3) is 6.03. The summed E-state index contributed by atoms with van der Waals surface area (Å²) >= 11 is 0. The summed E-state index contributed by atoms with van der Waals surface area (Å²) in [5.41, 5.74) is 1.01. The van der Waals surface area contributed by atoms with Gasteiger partial charge in [0.15, 0.2) is 0 Å². The average molecular weight is 299 g/mol. The Morgan fingerprint density at radius 3 is 2.55 bits per heavy atom. The molecule has 1 radical (unpaired) electrons. The van der Waals surface area contributed by atoms with Gasteiger partial charge in [0.05, 0.1) is 18.1 Å². The van der Waals surface area contributed by atoms with E-state index in [9.17, 15) is 13.5 Å². The van der Waals surface area contributed by atoms with Crippen LogP contribution in [0.15, 0.2) is 29.2 Å². The topological polar surface area (TPSA) is 63.3 Å². The van der Waals surface area contributed by atoms with Crippen molar-refractivity contribution in [3.63, 3.8) is 0 Å². The molecule has 5 heteroatoms. The summed E-state index contributed by atoms with van der Waals surface area (Å²) in [6.45, 7) is 2.17. The van der Waals surface area contributed by atoms with Crippen LogP contribution < -0.4 is 0 Å². The molecule has 20 heavy (non-hydrogen) atoms. The molecule has 0 atom stereocenters. The van der Waals surface area contributed by atoms with Gasteiger partial charge in [0.2, 0.25) is 0 Å². The van der Waals surface area contributed by atoms with Gasteiger partial charge in [-0.25, -0.2) is 5.11 Å². The van der Waals surface area contributed by atoms with Crippen LogP contribution in [-0.2, 0) is 25.8 Å². The molecule has 1 rings (SSSR count). The molecule has 0 aliphatic carbocycles. The zero-order valence-electron chi connectivity index (χ0n) is 12.0. The van der Waals surface area contributed by atoms with Crippen molar-refractivity contribution in [1.29, 1.82) is 0 Å². The number of hydrogen-bond acceptors (Lipinski definition) is 3. The maximum absolute atomic E-state index is 12.0. The molecule has 0 spiro atoms. The van der Waals surface area contributed by atoms with E-state index in [4.69, 9.17) is 4.18 Å². The van der Waals surface area contributed by atoms with E-state index in [0.29, 0.717) is 12.8 Å². The Labute approximate surface area is 121 Å². The predicted octanol–water partition coefficient (Wildman–Crippen LogP) is 3.34. The maximum atomic E-state index is 12.0. The first-order chi connectivity index (χ1) is 9.60. The Kier molecular flexibility index (Phi) is 7.80. The molecular weight excluding hydrogens is 276 g/mol. The predicted molar refractivity (Wildman–Crippen MR) is 77.6 cm³/mol. The van der Waals surface area contributed by atoms with E-state index in [2.05, 4.69) is 6.92 Å². The number of unbranched alkanes of at least 4 members (excludes halogenated alkanes) is 3. The van der Waals surface area contributed by atoms with Crippen molar-refractivity contribution < 1.29 is 17.7 Å². The molecule has 0 aliphatic heterocycles. The van der Waals surface area contributed by atoms with E-state index in [0.717, 1.165) is 31.2 Å². The molecule has 0 saturated heterocycles. The fourth-order valence-electron chi connectivity index (χ4n) is 1.94. The standard InChI is InChI=1S/C15H23O4S/c1-2-8-14-9-7-10-15(13-14)20(17,18)19-12-6-4-3-5-11-16/h7,9-10,13H,2-6,8,11-12H2,1H3. The van der Waals surface area contributed by atoms with Crippen LogP contribution >= 0.6 is 0 Å². The molecule has 0 aromatic heterocycles. The van der Waals surface area contributed by atoms with Gasteiger partial charge in [0.1, 0.15) is 0 Å². The van der Waals surface area contributed by atoms with Crippen molar-refractivity contribution in [3.05, 3.63) is 29.8 Å². The monoisotopic (exact) mass is 299 g/mol. The van der Waals surface area contributed by atoms with Crippen molar-refractivity contribution >= 4 is 10.1 Å². The molecule has 0 N–H and O–H groups in total. The lowest BCUT2D eigenvalue weighted by Gasteiger charge is -2.07. The lowest BCUT2D eigenvalue weighted by molar-refractivity contribution is 0.185. The van der Waals surface area contributed by atoms with Gasteiger partial charge < -0.3 is 0 Å². The van der Waals surface area contributed by atoms with Gasteiger partial charge in [-0.3, -0.25) is 4.18 Å². The first-order valence-corrected chi connectivity index (χ1v) is 8.57. The summed E-state index contributed by atoms with van der Waals surface area (Å²) < 4.78 is 29.0. The lowest BCUT2D eigenvalue weighted by atomic mass is 10.1. The molecule has 4 nitrogen and oxygen atoms in total. The highest BCUT2D eigenvalue weighted by Crippen LogP contribution is 2.16. The lowest BCUT2D eigenvalue weighted by Crippen LogP contribution is -2.08. The smallest absolute Gasteiger partial charge is 0.266 e. The Morgan fingerprint density at radius 1 is 1.10 bits per heavy atom. The van der Waals surface area contributed by atoms with E-state index in [1.165, 1.54) is 0 Å². The van der Waals surface area contributed by atoms with E-state index in [1.54, 1.807) is 18.2 Å². The second kappa shape index (κ2) is 9.10. The molecule has 0 bridgehead atoms. The fourth-order valence-corrected chi connectivity index (χ4v) is 2.95. The largest absolute Gasteiger partial charge is 0.296 e. The Balaban J connectivity index is 2.49.